The van der Waals surface area contributed by atoms with Crippen LogP contribution in [0.3, 0.4) is 0 Å². The number of rotatable bonds is 5. The van der Waals surface area contributed by atoms with Crippen LogP contribution in [-0.4, -0.2) is 24.0 Å². The number of benzene rings is 1. The Morgan fingerprint density at radius 2 is 2.12 bits per heavy atom. The molecular weight excluding hydrogens is 297 g/mol. The molecule has 0 aliphatic heterocycles. The molecule has 3 rings (SSSR count). The topological polar surface area (TPSA) is 87.7 Å². The van der Waals surface area contributed by atoms with E-state index in [1.165, 1.54) is 12.2 Å². The van der Waals surface area contributed by atoms with Crippen LogP contribution in [-0.2, 0) is 6.54 Å². The number of allylic oxidation sites excluding steroid dienone is 1. The highest BCUT2D eigenvalue weighted by molar-refractivity contribution is 6.26. The van der Waals surface area contributed by atoms with Gasteiger partial charge in [0.1, 0.15) is 13.7 Å². The van der Waals surface area contributed by atoms with Crippen LogP contribution in [0.4, 0.5) is 11.5 Å². The highest BCUT2D eigenvalue weighted by Crippen LogP contribution is 2.21. The fourth-order valence-corrected chi connectivity index (χ4v) is 2.40. The van der Waals surface area contributed by atoms with E-state index in [-0.39, 0.29) is 0 Å². The molecule has 2 aromatic heterocycles. The van der Waals surface area contributed by atoms with Gasteiger partial charge in [0.15, 0.2) is 0 Å². The average molecular weight is 313 g/mol. The predicted molar refractivity (Wildman–Crippen MR) is 100 cm³/mol. The van der Waals surface area contributed by atoms with Crippen LogP contribution in [0, 0.1) is 5.41 Å². The molecule has 2 radical (unpaired) electrons. The molecule has 0 spiro atoms. The van der Waals surface area contributed by atoms with Gasteiger partial charge in [-0.3, -0.25) is 4.98 Å². The molecule has 0 saturated heterocycles. The molecule has 3 aromatic rings. The molecule has 0 fully saturated rings. The van der Waals surface area contributed by atoms with Gasteiger partial charge in [0.2, 0.25) is 0 Å². The van der Waals surface area contributed by atoms with Crippen molar-refractivity contribution in [3.63, 3.8) is 0 Å². The van der Waals surface area contributed by atoms with E-state index in [0.29, 0.717) is 29.3 Å². The maximum Gasteiger partial charge on any atom is 0.150 e. The molecule has 2 heterocycles. The largest absolute Gasteiger partial charge is 0.396 e. The van der Waals surface area contributed by atoms with Gasteiger partial charge in [0.25, 0.3) is 0 Å². The van der Waals surface area contributed by atoms with Crippen molar-refractivity contribution in [2.75, 3.05) is 11.1 Å². The summed E-state index contributed by atoms with van der Waals surface area (Å²) in [5.74, 6) is 1.92. The van der Waals surface area contributed by atoms with Crippen molar-refractivity contribution in [1.82, 2.24) is 9.97 Å². The summed E-state index contributed by atoms with van der Waals surface area (Å²) in [5, 5.41) is 11.7. The van der Waals surface area contributed by atoms with Gasteiger partial charge in [-0.15, -0.1) is 5.98 Å². The quantitative estimate of drug-likeness (QED) is 0.499. The molecule has 0 amide bonds. The standard InChI is InChI=1S/C18H16BN5/c19-9-14(10-20)17-6-4-15(21)18(24-17)23-11-12-3-5-16-13(8-12)2-1-7-22-16/h1-10,20H,11,21H2,(H,23,24)/b14-9+,20-10?. The average Bonchev–Trinajstić information content (AvgIpc) is 2.62. The number of nitrogens with one attached hydrogen (secondary N) is 2. The Morgan fingerprint density at radius 3 is 2.92 bits per heavy atom. The first kappa shape index (κ1) is 15.7. The van der Waals surface area contributed by atoms with Gasteiger partial charge >= 0.3 is 0 Å². The molecule has 0 aliphatic carbocycles. The van der Waals surface area contributed by atoms with Gasteiger partial charge in [-0.2, -0.15) is 0 Å². The second kappa shape index (κ2) is 6.96. The van der Waals surface area contributed by atoms with Gasteiger partial charge in [-0.25, -0.2) is 4.98 Å². The molecule has 0 unspecified atom stereocenters. The zero-order chi connectivity index (χ0) is 16.9. The van der Waals surface area contributed by atoms with Crippen molar-refractivity contribution in [3.8, 4) is 0 Å². The number of aromatic nitrogens is 2. The second-order valence-electron chi connectivity index (χ2n) is 5.28. The minimum atomic E-state index is 0.537. The van der Waals surface area contributed by atoms with Crippen LogP contribution in [0.25, 0.3) is 16.5 Å². The van der Waals surface area contributed by atoms with Crippen LogP contribution >= 0.6 is 0 Å². The lowest BCUT2D eigenvalue weighted by molar-refractivity contribution is 1.11. The lowest BCUT2D eigenvalue weighted by Crippen LogP contribution is -2.06. The van der Waals surface area contributed by atoms with Gasteiger partial charge in [-0.05, 0) is 35.9 Å². The Labute approximate surface area is 141 Å². The smallest absolute Gasteiger partial charge is 0.150 e. The van der Waals surface area contributed by atoms with Crippen molar-refractivity contribution in [2.24, 2.45) is 0 Å². The summed E-state index contributed by atoms with van der Waals surface area (Å²) >= 11 is 0. The van der Waals surface area contributed by atoms with Gasteiger partial charge < -0.3 is 16.5 Å². The number of nitrogens with zero attached hydrogens (tertiary/aromatic N) is 2. The Morgan fingerprint density at radius 1 is 1.25 bits per heavy atom. The number of hydrogen-bond acceptors (Lipinski definition) is 5. The molecule has 1 aromatic carbocycles. The van der Waals surface area contributed by atoms with Crippen LogP contribution in [0.15, 0.2) is 54.6 Å². The Kier molecular flexibility index (Phi) is 4.56. The van der Waals surface area contributed by atoms with E-state index >= 15 is 0 Å². The van der Waals surface area contributed by atoms with E-state index in [1.807, 2.05) is 24.3 Å². The van der Waals surface area contributed by atoms with Gasteiger partial charge in [-0.1, -0.05) is 12.1 Å². The molecule has 24 heavy (non-hydrogen) atoms. The number of fused-ring (bicyclic) bond motifs is 1. The third kappa shape index (κ3) is 3.27. The minimum absolute atomic E-state index is 0.537. The lowest BCUT2D eigenvalue weighted by Gasteiger charge is -2.11. The number of anilines is 2. The number of hydrogen-bond donors (Lipinski definition) is 3. The number of nitrogens with two attached hydrogens (primary N) is 1. The summed E-state index contributed by atoms with van der Waals surface area (Å²) < 4.78 is 0. The van der Waals surface area contributed by atoms with Crippen LogP contribution in [0.5, 0.6) is 0 Å². The maximum atomic E-state index is 7.36. The van der Waals surface area contributed by atoms with E-state index in [9.17, 15) is 0 Å². The first-order chi connectivity index (χ1) is 11.7. The number of pyridine rings is 2. The van der Waals surface area contributed by atoms with Crippen molar-refractivity contribution < 1.29 is 0 Å². The molecule has 0 saturated carbocycles. The van der Waals surface area contributed by atoms with Gasteiger partial charge in [0.05, 0.1) is 16.9 Å². The molecule has 0 aliphatic rings. The molecular formula is C18H16BN5. The van der Waals surface area contributed by atoms with Crippen molar-refractivity contribution in [1.29, 1.82) is 5.41 Å². The highest BCUT2D eigenvalue weighted by atomic mass is 15.0. The molecule has 6 heteroatoms. The summed E-state index contributed by atoms with van der Waals surface area (Å²) in [5.41, 5.74) is 9.73. The first-order valence-corrected chi connectivity index (χ1v) is 7.48. The third-order valence-electron chi connectivity index (χ3n) is 3.68. The van der Waals surface area contributed by atoms with E-state index in [1.54, 1.807) is 18.3 Å². The van der Waals surface area contributed by atoms with E-state index < -0.39 is 0 Å². The normalized spacial score (nSPS) is 11.4. The van der Waals surface area contributed by atoms with E-state index in [0.717, 1.165) is 16.5 Å². The SMILES string of the molecule is [B]/C=C(\C=N)c1ccc(N)c(NCc2ccc3ncccc3c2)n1. The summed E-state index contributed by atoms with van der Waals surface area (Å²) in [6.07, 6.45) is 2.95. The second-order valence-corrected chi connectivity index (χ2v) is 5.28. The summed E-state index contributed by atoms with van der Waals surface area (Å²) in [6, 6.07) is 13.5. The van der Waals surface area contributed by atoms with Gasteiger partial charge in [0, 0.05) is 29.9 Å². The zero-order valence-electron chi connectivity index (χ0n) is 13.0. The molecule has 0 bridgehead atoms. The third-order valence-corrected chi connectivity index (χ3v) is 3.68. The van der Waals surface area contributed by atoms with Crippen molar-refractivity contribution in [2.45, 2.75) is 6.54 Å². The van der Waals surface area contributed by atoms with Crippen LogP contribution < -0.4 is 11.1 Å². The van der Waals surface area contributed by atoms with Crippen molar-refractivity contribution >= 4 is 42.0 Å². The van der Waals surface area contributed by atoms with Crippen LogP contribution in [0.2, 0.25) is 0 Å². The summed E-state index contributed by atoms with van der Waals surface area (Å²) in [4.78, 5) is 8.76. The number of nitrogen functional groups attached to an aromatic ring is 1. The Balaban J connectivity index is 1.82. The molecule has 4 N–H and O–H groups in total. The predicted octanol–water partition coefficient (Wildman–Crippen LogP) is 2.98. The Hall–Kier alpha value is -3.15. The molecule has 116 valence electrons. The summed E-state index contributed by atoms with van der Waals surface area (Å²) in [6.45, 7) is 0.581. The summed E-state index contributed by atoms with van der Waals surface area (Å²) in [7, 11) is 5.51. The monoisotopic (exact) mass is 313 g/mol. The highest BCUT2D eigenvalue weighted by Gasteiger charge is 2.06. The lowest BCUT2D eigenvalue weighted by atomic mass is 10.0. The fraction of sp³-hybridized carbons (Fsp3) is 0.0556. The van der Waals surface area contributed by atoms with Crippen molar-refractivity contribution in [3.05, 3.63) is 65.9 Å². The molecule has 0 atom stereocenters. The Bertz CT molecular complexity index is 920. The fourth-order valence-electron chi connectivity index (χ4n) is 2.40. The zero-order valence-corrected chi connectivity index (χ0v) is 13.0. The first-order valence-electron chi connectivity index (χ1n) is 7.48. The maximum absolute atomic E-state index is 7.36. The van der Waals surface area contributed by atoms with E-state index in [2.05, 4.69) is 21.4 Å². The van der Waals surface area contributed by atoms with E-state index in [4.69, 9.17) is 19.0 Å². The molecule has 5 nitrogen and oxygen atoms in total. The van der Waals surface area contributed by atoms with Crippen LogP contribution in [0.1, 0.15) is 11.3 Å². The minimum Gasteiger partial charge on any atom is -0.396 e.